The summed E-state index contributed by atoms with van der Waals surface area (Å²) in [6.07, 6.45) is 4.72. The normalized spacial score (nSPS) is 18.0. The number of nitrogens with two attached hydrogens (primary N) is 1. The highest BCUT2D eigenvalue weighted by atomic mass is 79.9. The summed E-state index contributed by atoms with van der Waals surface area (Å²) in [7, 11) is 0. The lowest BCUT2D eigenvalue weighted by atomic mass is 9.85. The first-order valence-electron chi connectivity index (χ1n) is 6.56. The van der Waals surface area contributed by atoms with Crippen LogP contribution in [0.25, 0.3) is 0 Å². The van der Waals surface area contributed by atoms with Crippen molar-refractivity contribution < 1.29 is 9.90 Å². The first kappa shape index (κ1) is 14.3. The molecular weight excluding hydrogens is 308 g/mol. The quantitative estimate of drug-likeness (QED) is 0.747. The van der Waals surface area contributed by atoms with Gasteiger partial charge in [-0.3, -0.25) is 4.79 Å². The Morgan fingerprint density at radius 3 is 2.74 bits per heavy atom. The molecule has 0 saturated heterocycles. The second-order valence-corrected chi connectivity index (χ2v) is 5.97. The minimum atomic E-state index is -0.749. The fourth-order valence-corrected chi connectivity index (χ4v) is 2.90. The molecule has 0 bridgehead atoms. The van der Waals surface area contributed by atoms with Crippen molar-refractivity contribution in [3.05, 3.63) is 28.2 Å². The van der Waals surface area contributed by atoms with E-state index < -0.39 is 5.60 Å². The van der Waals surface area contributed by atoms with Gasteiger partial charge in [0.2, 0.25) is 0 Å². The Labute approximate surface area is 121 Å². The van der Waals surface area contributed by atoms with Crippen LogP contribution in [0, 0.1) is 0 Å². The van der Waals surface area contributed by atoms with Crippen LogP contribution in [-0.4, -0.2) is 23.2 Å². The molecule has 0 atom stereocenters. The van der Waals surface area contributed by atoms with Gasteiger partial charge in [0, 0.05) is 12.2 Å². The van der Waals surface area contributed by atoms with Gasteiger partial charge >= 0.3 is 0 Å². The molecule has 0 radical (unpaired) electrons. The van der Waals surface area contributed by atoms with Crippen LogP contribution in [0.4, 0.5) is 5.69 Å². The Morgan fingerprint density at radius 2 is 2.05 bits per heavy atom. The maximum Gasteiger partial charge on any atom is 0.252 e. The van der Waals surface area contributed by atoms with Crippen LogP contribution in [0.3, 0.4) is 0 Å². The fraction of sp³-hybridized carbons (Fsp3) is 0.500. The largest absolute Gasteiger partial charge is 0.398 e. The first-order chi connectivity index (χ1) is 9.02. The van der Waals surface area contributed by atoms with E-state index in [1.165, 1.54) is 0 Å². The molecule has 0 spiro atoms. The lowest BCUT2D eigenvalue weighted by Gasteiger charge is -2.32. The third kappa shape index (κ3) is 3.48. The Balaban J connectivity index is 1.99. The summed E-state index contributed by atoms with van der Waals surface area (Å²) in [5.74, 6) is -0.210. The van der Waals surface area contributed by atoms with E-state index in [9.17, 15) is 9.90 Å². The maximum absolute atomic E-state index is 12.1. The molecule has 4 nitrogen and oxygen atoms in total. The average Bonchev–Trinajstić information content (AvgIpc) is 2.40. The Kier molecular flexibility index (Phi) is 4.47. The molecule has 1 aliphatic carbocycles. The number of nitrogens with one attached hydrogen (secondary N) is 1. The van der Waals surface area contributed by atoms with Gasteiger partial charge in [0.05, 0.1) is 15.6 Å². The highest BCUT2D eigenvalue weighted by Crippen LogP contribution is 2.28. The van der Waals surface area contributed by atoms with Gasteiger partial charge in [-0.2, -0.15) is 0 Å². The molecule has 19 heavy (non-hydrogen) atoms. The van der Waals surface area contributed by atoms with Crippen molar-refractivity contribution in [1.82, 2.24) is 5.32 Å². The third-order valence-electron chi connectivity index (χ3n) is 3.64. The molecule has 1 aromatic rings. The van der Waals surface area contributed by atoms with Gasteiger partial charge in [-0.05, 0) is 40.9 Å². The first-order valence-corrected chi connectivity index (χ1v) is 7.36. The van der Waals surface area contributed by atoms with Gasteiger partial charge in [0.15, 0.2) is 0 Å². The van der Waals surface area contributed by atoms with E-state index in [1.54, 1.807) is 18.2 Å². The Bertz CT molecular complexity index is 471. The number of hydrogen-bond acceptors (Lipinski definition) is 3. The summed E-state index contributed by atoms with van der Waals surface area (Å²) in [5.41, 5.74) is 6.03. The lowest BCUT2D eigenvalue weighted by molar-refractivity contribution is 0.00525. The molecular formula is C14H19BrN2O2. The summed E-state index contributed by atoms with van der Waals surface area (Å²) in [6.45, 7) is 0.299. The predicted octanol–water partition coefficient (Wildman–Crippen LogP) is 2.46. The van der Waals surface area contributed by atoms with Crippen LogP contribution < -0.4 is 11.1 Å². The van der Waals surface area contributed by atoms with E-state index in [0.717, 1.165) is 32.1 Å². The van der Waals surface area contributed by atoms with E-state index in [4.69, 9.17) is 5.73 Å². The van der Waals surface area contributed by atoms with Crippen LogP contribution in [-0.2, 0) is 0 Å². The second-order valence-electron chi connectivity index (χ2n) is 5.18. The van der Waals surface area contributed by atoms with Gasteiger partial charge in [0.25, 0.3) is 5.91 Å². The number of benzene rings is 1. The molecule has 1 fully saturated rings. The van der Waals surface area contributed by atoms with Crippen LogP contribution in [0.5, 0.6) is 0 Å². The predicted molar refractivity (Wildman–Crippen MR) is 78.9 cm³/mol. The van der Waals surface area contributed by atoms with Gasteiger partial charge < -0.3 is 16.2 Å². The number of halogens is 1. The third-order valence-corrected chi connectivity index (χ3v) is 4.52. The molecule has 0 aliphatic heterocycles. The summed E-state index contributed by atoms with van der Waals surface area (Å²) in [4.78, 5) is 12.1. The molecule has 1 aliphatic rings. The zero-order valence-corrected chi connectivity index (χ0v) is 12.4. The average molecular weight is 327 g/mol. The number of aliphatic hydroxyl groups is 1. The number of amides is 1. The maximum atomic E-state index is 12.1. The number of carbonyl (C=O) groups is 1. The molecule has 104 valence electrons. The van der Waals surface area contributed by atoms with E-state index in [2.05, 4.69) is 21.2 Å². The molecule has 1 amide bonds. The van der Waals surface area contributed by atoms with Crippen molar-refractivity contribution in [3.63, 3.8) is 0 Å². The monoisotopic (exact) mass is 326 g/mol. The van der Waals surface area contributed by atoms with E-state index >= 15 is 0 Å². The summed E-state index contributed by atoms with van der Waals surface area (Å²) in [6, 6.07) is 5.18. The summed E-state index contributed by atoms with van der Waals surface area (Å²) < 4.78 is 0.600. The van der Waals surface area contributed by atoms with Gasteiger partial charge in [0.1, 0.15) is 0 Å². The van der Waals surface area contributed by atoms with Crippen molar-refractivity contribution in [1.29, 1.82) is 0 Å². The van der Waals surface area contributed by atoms with Gasteiger partial charge in [-0.25, -0.2) is 0 Å². The Morgan fingerprint density at radius 1 is 1.37 bits per heavy atom. The van der Waals surface area contributed by atoms with Crippen molar-refractivity contribution >= 4 is 27.5 Å². The zero-order chi connectivity index (χ0) is 13.9. The van der Waals surface area contributed by atoms with Gasteiger partial charge in [-0.15, -0.1) is 0 Å². The highest BCUT2D eigenvalue weighted by molar-refractivity contribution is 9.10. The van der Waals surface area contributed by atoms with Crippen LogP contribution in [0.1, 0.15) is 42.5 Å². The molecule has 4 N–H and O–H groups in total. The van der Waals surface area contributed by atoms with Crippen molar-refractivity contribution in [2.45, 2.75) is 37.7 Å². The topological polar surface area (TPSA) is 75.4 Å². The summed E-state index contributed by atoms with van der Waals surface area (Å²) >= 11 is 3.31. The number of carbonyl (C=O) groups excluding carboxylic acids is 1. The minimum absolute atomic E-state index is 0.210. The molecule has 0 aromatic heterocycles. The van der Waals surface area contributed by atoms with Crippen molar-refractivity contribution in [2.24, 2.45) is 0 Å². The van der Waals surface area contributed by atoms with Crippen molar-refractivity contribution in [2.75, 3.05) is 12.3 Å². The molecule has 1 aromatic carbocycles. The van der Waals surface area contributed by atoms with E-state index in [1.807, 2.05) is 0 Å². The number of hydrogen-bond donors (Lipinski definition) is 3. The number of rotatable bonds is 3. The van der Waals surface area contributed by atoms with E-state index in [0.29, 0.717) is 22.3 Å². The number of nitrogen functional groups attached to an aromatic ring is 1. The molecule has 1 saturated carbocycles. The highest BCUT2D eigenvalue weighted by Gasteiger charge is 2.29. The fourth-order valence-electron chi connectivity index (χ4n) is 2.45. The van der Waals surface area contributed by atoms with Crippen molar-refractivity contribution in [3.8, 4) is 0 Å². The molecule has 0 unspecified atom stereocenters. The SMILES string of the molecule is Nc1cccc(C(=O)NCC2(O)CCCCC2)c1Br. The van der Waals surface area contributed by atoms with Crippen LogP contribution >= 0.6 is 15.9 Å². The molecule has 2 rings (SSSR count). The zero-order valence-electron chi connectivity index (χ0n) is 10.8. The molecule has 5 heteroatoms. The van der Waals surface area contributed by atoms with Crippen LogP contribution in [0.15, 0.2) is 22.7 Å². The summed E-state index contributed by atoms with van der Waals surface area (Å²) in [5, 5.41) is 13.1. The number of anilines is 1. The standard InChI is InChI=1S/C14H19BrN2O2/c15-12-10(5-4-6-11(12)16)13(18)17-9-14(19)7-2-1-3-8-14/h4-6,19H,1-3,7-9,16H2,(H,17,18). The lowest BCUT2D eigenvalue weighted by Crippen LogP contribution is -2.44. The smallest absolute Gasteiger partial charge is 0.252 e. The second kappa shape index (κ2) is 5.92. The minimum Gasteiger partial charge on any atom is -0.398 e. The molecule has 0 heterocycles. The van der Waals surface area contributed by atoms with Crippen LogP contribution in [0.2, 0.25) is 0 Å². The Hall–Kier alpha value is -1.07. The van der Waals surface area contributed by atoms with E-state index in [-0.39, 0.29) is 5.91 Å². The van der Waals surface area contributed by atoms with Gasteiger partial charge in [-0.1, -0.05) is 25.3 Å².